The van der Waals surface area contributed by atoms with E-state index in [4.69, 9.17) is 4.42 Å². The fourth-order valence-electron chi connectivity index (χ4n) is 2.87. The van der Waals surface area contributed by atoms with Crippen LogP contribution in [0.3, 0.4) is 0 Å². The van der Waals surface area contributed by atoms with Gasteiger partial charge >= 0.3 is 6.18 Å². The molecular weight excluding hydrogens is 307 g/mol. The Labute approximate surface area is 128 Å². The number of hydrogen-bond donors (Lipinski definition) is 1. The maximum atomic E-state index is 13.0. The summed E-state index contributed by atoms with van der Waals surface area (Å²) in [6, 6.07) is 8.06. The fourth-order valence-corrected chi connectivity index (χ4v) is 2.87. The Kier molecular flexibility index (Phi) is 2.64. The molecule has 0 saturated carbocycles. The van der Waals surface area contributed by atoms with Gasteiger partial charge in [0.1, 0.15) is 11.3 Å². The molecule has 0 spiro atoms. The number of phenols is 1. The first-order chi connectivity index (χ1) is 10.8. The van der Waals surface area contributed by atoms with Gasteiger partial charge in [-0.25, -0.2) is 4.98 Å². The van der Waals surface area contributed by atoms with Gasteiger partial charge in [0.25, 0.3) is 0 Å². The first-order valence-electron chi connectivity index (χ1n) is 6.87. The first-order valence-corrected chi connectivity index (χ1v) is 6.87. The summed E-state index contributed by atoms with van der Waals surface area (Å²) >= 11 is 0. The van der Waals surface area contributed by atoms with Crippen LogP contribution < -0.4 is 0 Å². The molecule has 0 radical (unpaired) electrons. The van der Waals surface area contributed by atoms with Crippen molar-refractivity contribution in [3.05, 3.63) is 47.5 Å². The summed E-state index contributed by atoms with van der Waals surface area (Å²) in [7, 11) is 0. The van der Waals surface area contributed by atoms with Gasteiger partial charge in [0, 0.05) is 10.8 Å². The first kappa shape index (κ1) is 13.9. The monoisotopic (exact) mass is 317 g/mol. The van der Waals surface area contributed by atoms with Crippen molar-refractivity contribution in [3.63, 3.8) is 0 Å². The van der Waals surface area contributed by atoms with Crippen molar-refractivity contribution in [2.45, 2.75) is 13.1 Å². The molecule has 2 aromatic carbocycles. The molecule has 2 aliphatic rings. The average Bonchev–Trinajstić information content (AvgIpc) is 2.85. The SMILES string of the molecule is Cc1c2c3cc(C(F)(F)F)ccc3nc-2oc2ccc(O)cc12. The van der Waals surface area contributed by atoms with Crippen LogP contribution in [0.1, 0.15) is 11.1 Å². The second-order valence-electron chi connectivity index (χ2n) is 5.43. The van der Waals surface area contributed by atoms with Gasteiger partial charge in [-0.1, -0.05) is 0 Å². The summed E-state index contributed by atoms with van der Waals surface area (Å²) < 4.78 is 44.5. The molecule has 2 aliphatic heterocycles. The number of phenolic OH excluding ortho intramolecular Hbond substituents is 1. The Hall–Kier alpha value is -2.76. The summed E-state index contributed by atoms with van der Waals surface area (Å²) in [6.45, 7) is 1.78. The normalized spacial score (nSPS) is 12.5. The van der Waals surface area contributed by atoms with Crippen molar-refractivity contribution in [1.82, 2.24) is 4.98 Å². The predicted molar refractivity (Wildman–Crippen MR) is 79.5 cm³/mol. The minimum Gasteiger partial charge on any atom is -0.508 e. The third-order valence-corrected chi connectivity index (χ3v) is 3.98. The van der Waals surface area contributed by atoms with Crippen molar-refractivity contribution in [3.8, 4) is 17.2 Å². The Bertz CT molecular complexity index is 1030. The highest BCUT2D eigenvalue weighted by Crippen LogP contribution is 2.41. The lowest BCUT2D eigenvalue weighted by Crippen LogP contribution is -2.04. The fraction of sp³-hybridized carbons (Fsp3) is 0.118. The van der Waals surface area contributed by atoms with Crippen LogP contribution in [-0.2, 0) is 6.18 Å². The molecule has 2 heterocycles. The highest BCUT2D eigenvalue weighted by atomic mass is 19.4. The van der Waals surface area contributed by atoms with Crippen molar-refractivity contribution < 1.29 is 22.7 Å². The number of rotatable bonds is 0. The molecular formula is C17H10F3NO2. The quantitative estimate of drug-likeness (QED) is 0.490. The minimum absolute atomic E-state index is 0.0648. The zero-order chi connectivity index (χ0) is 16.4. The zero-order valence-electron chi connectivity index (χ0n) is 11.9. The molecule has 0 aliphatic carbocycles. The van der Waals surface area contributed by atoms with Gasteiger partial charge in [-0.2, -0.15) is 13.2 Å². The molecule has 1 N–H and O–H groups in total. The van der Waals surface area contributed by atoms with Crippen molar-refractivity contribution in [2.24, 2.45) is 0 Å². The van der Waals surface area contributed by atoms with Crippen LogP contribution >= 0.6 is 0 Å². The number of nitrogens with zero attached hydrogens (tertiary/aromatic N) is 1. The molecule has 0 fully saturated rings. The lowest BCUT2D eigenvalue weighted by Gasteiger charge is -2.09. The van der Waals surface area contributed by atoms with Gasteiger partial charge in [0.05, 0.1) is 16.6 Å². The number of aromatic nitrogens is 1. The van der Waals surface area contributed by atoms with E-state index in [9.17, 15) is 18.3 Å². The van der Waals surface area contributed by atoms with E-state index in [1.54, 1.807) is 13.0 Å². The van der Waals surface area contributed by atoms with Crippen LogP contribution in [0.5, 0.6) is 5.75 Å². The van der Waals surface area contributed by atoms with E-state index in [1.165, 1.54) is 18.2 Å². The highest BCUT2D eigenvalue weighted by molar-refractivity contribution is 6.02. The maximum absolute atomic E-state index is 13.0. The van der Waals surface area contributed by atoms with Crippen molar-refractivity contribution >= 4 is 21.9 Å². The minimum atomic E-state index is -4.42. The lowest BCUT2D eigenvalue weighted by atomic mass is 10.0. The van der Waals surface area contributed by atoms with Gasteiger partial charge in [0.2, 0.25) is 5.89 Å². The second kappa shape index (κ2) is 4.38. The second-order valence-corrected chi connectivity index (χ2v) is 5.43. The van der Waals surface area contributed by atoms with E-state index in [2.05, 4.69) is 4.98 Å². The van der Waals surface area contributed by atoms with Crippen LogP contribution in [0.25, 0.3) is 33.3 Å². The van der Waals surface area contributed by atoms with Gasteiger partial charge in [-0.15, -0.1) is 0 Å². The number of benzene rings is 2. The summed E-state index contributed by atoms with van der Waals surface area (Å²) in [5.74, 6) is 0.352. The van der Waals surface area contributed by atoms with E-state index >= 15 is 0 Å². The van der Waals surface area contributed by atoms with Gasteiger partial charge in [0.15, 0.2) is 0 Å². The van der Waals surface area contributed by atoms with Crippen molar-refractivity contribution in [2.75, 3.05) is 0 Å². The molecule has 3 nitrogen and oxygen atoms in total. The molecule has 0 unspecified atom stereocenters. The Balaban J connectivity index is 2.14. The van der Waals surface area contributed by atoms with Crippen LogP contribution in [0.15, 0.2) is 40.8 Å². The third-order valence-electron chi connectivity index (χ3n) is 3.98. The van der Waals surface area contributed by atoms with Crippen LogP contribution in [-0.4, -0.2) is 10.1 Å². The molecule has 0 amide bonds. The number of hydrogen-bond acceptors (Lipinski definition) is 3. The van der Waals surface area contributed by atoms with E-state index < -0.39 is 11.7 Å². The Morgan fingerprint density at radius 1 is 1.04 bits per heavy atom. The van der Waals surface area contributed by atoms with Crippen LogP contribution in [0, 0.1) is 6.92 Å². The Morgan fingerprint density at radius 2 is 1.83 bits per heavy atom. The standard InChI is InChI=1S/C17H10F3NO2/c1-8-11-7-10(22)3-5-14(11)23-16-15(8)12-6-9(17(18,19)20)2-4-13(12)21-16/h2-7,22H,1H3. The van der Waals surface area contributed by atoms with Gasteiger partial charge in [-0.3, -0.25) is 0 Å². The Morgan fingerprint density at radius 3 is 2.57 bits per heavy atom. The van der Waals surface area contributed by atoms with E-state index in [-0.39, 0.29) is 11.6 Å². The van der Waals surface area contributed by atoms with Gasteiger partial charge < -0.3 is 9.52 Å². The molecule has 2 aromatic rings. The molecule has 116 valence electrons. The highest BCUT2D eigenvalue weighted by Gasteiger charge is 2.31. The number of aryl methyl sites for hydroxylation is 1. The molecule has 0 atom stereocenters. The molecule has 4 rings (SSSR count). The van der Waals surface area contributed by atoms with Crippen LogP contribution in [0.4, 0.5) is 13.2 Å². The molecule has 6 heteroatoms. The number of halogens is 3. The van der Waals surface area contributed by atoms with E-state index in [0.29, 0.717) is 27.4 Å². The van der Waals surface area contributed by atoms with E-state index in [1.807, 2.05) is 0 Å². The maximum Gasteiger partial charge on any atom is 0.416 e. The lowest BCUT2D eigenvalue weighted by molar-refractivity contribution is -0.137. The van der Waals surface area contributed by atoms with E-state index in [0.717, 1.165) is 17.7 Å². The number of aromatic hydroxyl groups is 1. The largest absolute Gasteiger partial charge is 0.508 e. The van der Waals surface area contributed by atoms with Crippen molar-refractivity contribution in [1.29, 1.82) is 0 Å². The smallest absolute Gasteiger partial charge is 0.416 e. The third kappa shape index (κ3) is 2.02. The molecule has 0 bridgehead atoms. The molecule has 0 aromatic heterocycles. The molecule has 0 saturated heterocycles. The summed E-state index contributed by atoms with van der Waals surface area (Å²) in [4.78, 5) is 4.28. The average molecular weight is 317 g/mol. The predicted octanol–water partition coefficient (Wildman–Crippen LogP) is 5.12. The van der Waals surface area contributed by atoms with Crippen LogP contribution in [0.2, 0.25) is 0 Å². The summed E-state index contributed by atoms with van der Waals surface area (Å²) in [5, 5.41) is 10.7. The zero-order valence-corrected chi connectivity index (χ0v) is 11.9. The van der Waals surface area contributed by atoms with Gasteiger partial charge in [-0.05, 0) is 48.9 Å². The molecule has 23 heavy (non-hydrogen) atoms. The number of alkyl halides is 3. The topological polar surface area (TPSA) is 46.3 Å². The number of fused-ring (bicyclic) bond motifs is 4. The summed E-state index contributed by atoms with van der Waals surface area (Å²) in [6.07, 6.45) is -4.42. The summed E-state index contributed by atoms with van der Waals surface area (Å²) in [5.41, 5.74) is 1.49.